The highest BCUT2D eigenvalue weighted by molar-refractivity contribution is 6.30. The molecular weight excluding hydrogens is 400 g/mol. The third-order valence-corrected chi connectivity index (χ3v) is 5.65. The molecule has 2 unspecified atom stereocenters. The lowest BCUT2D eigenvalue weighted by Gasteiger charge is -2.35. The Balaban J connectivity index is 1.63. The van der Waals surface area contributed by atoms with E-state index in [4.69, 9.17) is 11.6 Å². The van der Waals surface area contributed by atoms with E-state index in [9.17, 15) is 9.59 Å². The van der Waals surface area contributed by atoms with Gasteiger partial charge in [0.1, 0.15) is 6.04 Å². The Hall–Kier alpha value is -2.41. The van der Waals surface area contributed by atoms with Gasteiger partial charge in [0.15, 0.2) is 0 Å². The van der Waals surface area contributed by atoms with Crippen molar-refractivity contribution in [2.75, 3.05) is 39.8 Å². The maximum absolute atomic E-state index is 12.9. The number of nitrogens with zero attached hydrogens (tertiary/aromatic N) is 2. The van der Waals surface area contributed by atoms with Crippen LogP contribution in [0, 0.1) is 0 Å². The number of likely N-dealkylation sites (N-methyl/N-ethyl adjacent to an activating group) is 1. The van der Waals surface area contributed by atoms with E-state index >= 15 is 0 Å². The Bertz CT molecular complexity index is 836. The quantitative estimate of drug-likeness (QED) is 0.711. The lowest BCUT2D eigenvalue weighted by Crippen LogP contribution is -2.50. The van der Waals surface area contributed by atoms with E-state index in [-0.39, 0.29) is 17.9 Å². The van der Waals surface area contributed by atoms with Gasteiger partial charge in [0, 0.05) is 43.3 Å². The zero-order chi connectivity index (χ0) is 21.5. The molecule has 1 aliphatic rings. The molecule has 2 aromatic rings. The third kappa shape index (κ3) is 6.29. The molecule has 7 heteroatoms. The molecule has 0 spiro atoms. The van der Waals surface area contributed by atoms with Crippen molar-refractivity contribution in [1.82, 2.24) is 20.4 Å². The van der Waals surface area contributed by atoms with Crippen LogP contribution in [-0.2, 0) is 4.79 Å². The summed E-state index contributed by atoms with van der Waals surface area (Å²) in [6, 6.07) is 15.8. The van der Waals surface area contributed by atoms with E-state index in [2.05, 4.69) is 27.5 Å². The first-order valence-electron chi connectivity index (χ1n) is 10.2. The van der Waals surface area contributed by atoms with Crippen molar-refractivity contribution in [2.24, 2.45) is 0 Å². The Morgan fingerprint density at radius 3 is 2.23 bits per heavy atom. The van der Waals surface area contributed by atoms with Crippen LogP contribution in [0.25, 0.3) is 0 Å². The van der Waals surface area contributed by atoms with Crippen molar-refractivity contribution < 1.29 is 9.59 Å². The first kappa shape index (κ1) is 22.3. The van der Waals surface area contributed by atoms with Crippen LogP contribution in [0.4, 0.5) is 0 Å². The van der Waals surface area contributed by atoms with Crippen LogP contribution < -0.4 is 10.6 Å². The summed E-state index contributed by atoms with van der Waals surface area (Å²) >= 11 is 5.87. The van der Waals surface area contributed by atoms with Gasteiger partial charge in [0.05, 0.1) is 6.04 Å². The predicted molar refractivity (Wildman–Crippen MR) is 120 cm³/mol. The Morgan fingerprint density at radius 1 is 0.967 bits per heavy atom. The van der Waals surface area contributed by atoms with Crippen LogP contribution in [0.2, 0.25) is 5.02 Å². The molecule has 0 aromatic heterocycles. The number of nitrogens with one attached hydrogen (secondary N) is 2. The lowest BCUT2D eigenvalue weighted by atomic mass is 10.1. The number of piperazine rings is 1. The standard InChI is InChI=1S/C23H29ClN4O2/c1-17(25-23(30)19-8-10-20(24)11-9-19)22(29)26-21(18-6-4-3-5-7-18)16-28-14-12-27(2)13-15-28/h3-11,17,21H,12-16H2,1-2H3,(H,25,30)(H,26,29). The smallest absolute Gasteiger partial charge is 0.251 e. The molecule has 1 saturated heterocycles. The van der Waals surface area contributed by atoms with E-state index in [1.54, 1.807) is 31.2 Å². The van der Waals surface area contributed by atoms with Gasteiger partial charge >= 0.3 is 0 Å². The molecule has 1 fully saturated rings. The summed E-state index contributed by atoms with van der Waals surface area (Å²) in [5.74, 6) is -0.509. The maximum Gasteiger partial charge on any atom is 0.251 e. The molecule has 30 heavy (non-hydrogen) atoms. The van der Waals surface area contributed by atoms with Gasteiger partial charge in [-0.3, -0.25) is 14.5 Å². The van der Waals surface area contributed by atoms with E-state index < -0.39 is 6.04 Å². The van der Waals surface area contributed by atoms with Gasteiger partial charge in [0.25, 0.3) is 5.91 Å². The fraction of sp³-hybridized carbons (Fsp3) is 0.391. The predicted octanol–water partition coefficient (Wildman–Crippen LogP) is 2.56. The molecule has 0 saturated carbocycles. The van der Waals surface area contributed by atoms with Gasteiger partial charge in [-0.2, -0.15) is 0 Å². The molecule has 2 N–H and O–H groups in total. The summed E-state index contributed by atoms with van der Waals surface area (Å²) in [4.78, 5) is 30.0. The van der Waals surface area contributed by atoms with Gasteiger partial charge in [-0.05, 0) is 43.8 Å². The fourth-order valence-electron chi connectivity index (χ4n) is 3.45. The largest absolute Gasteiger partial charge is 0.346 e. The van der Waals surface area contributed by atoms with E-state index in [1.165, 1.54) is 0 Å². The highest BCUT2D eigenvalue weighted by Crippen LogP contribution is 2.16. The Kier molecular flexibility index (Phi) is 7.85. The van der Waals surface area contributed by atoms with Crippen LogP contribution in [-0.4, -0.2) is 67.4 Å². The number of carbonyl (C=O) groups is 2. The topological polar surface area (TPSA) is 64.7 Å². The van der Waals surface area contributed by atoms with Crippen molar-refractivity contribution in [3.8, 4) is 0 Å². The normalized spacial score (nSPS) is 17.2. The Morgan fingerprint density at radius 2 is 1.60 bits per heavy atom. The van der Waals surface area contributed by atoms with Crippen molar-refractivity contribution in [1.29, 1.82) is 0 Å². The molecule has 0 radical (unpaired) electrons. The number of carbonyl (C=O) groups excluding carboxylic acids is 2. The molecule has 0 bridgehead atoms. The fourth-order valence-corrected chi connectivity index (χ4v) is 3.58. The summed E-state index contributed by atoms with van der Waals surface area (Å²) in [6.45, 7) is 6.41. The van der Waals surface area contributed by atoms with E-state index in [1.807, 2.05) is 30.3 Å². The maximum atomic E-state index is 12.9. The molecular formula is C23H29ClN4O2. The summed E-state index contributed by atoms with van der Waals surface area (Å²) in [6.07, 6.45) is 0. The first-order valence-corrected chi connectivity index (χ1v) is 10.6. The minimum absolute atomic E-state index is 0.142. The minimum Gasteiger partial charge on any atom is -0.346 e. The van der Waals surface area contributed by atoms with Crippen LogP contribution in [0.3, 0.4) is 0 Å². The molecule has 2 aromatic carbocycles. The summed E-state index contributed by atoms with van der Waals surface area (Å²) in [5.41, 5.74) is 1.53. The van der Waals surface area contributed by atoms with Crippen molar-refractivity contribution in [3.05, 3.63) is 70.7 Å². The number of benzene rings is 2. The van der Waals surface area contributed by atoms with Crippen molar-refractivity contribution >= 4 is 23.4 Å². The zero-order valence-corrected chi connectivity index (χ0v) is 18.2. The molecule has 160 valence electrons. The van der Waals surface area contributed by atoms with Gasteiger partial charge in [-0.1, -0.05) is 41.9 Å². The second kappa shape index (κ2) is 10.6. The highest BCUT2D eigenvalue weighted by Gasteiger charge is 2.24. The van der Waals surface area contributed by atoms with Gasteiger partial charge < -0.3 is 15.5 Å². The van der Waals surface area contributed by atoms with Crippen LogP contribution in [0.5, 0.6) is 0 Å². The molecule has 6 nitrogen and oxygen atoms in total. The van der Waals surface area contributed by atoms with E-state index in [0.29, 0.717) is 10.6 Å². The summed E-state index contributed by atoms with van der Waals surface area (Å²) < 4.78 is 0. The molecule has 2 atom stereocenters. The van der Waals surface area contributed by atoms with E-state index in [0.717, 1.165) is 38.3 Å². The summed E-state index contributed by atoms with van der Waals surface area (Å²) in [7, 11) is 2.12. The average molecular weight is 429 g/mol. The van der Waals surface area contributed by atoms with Gasteiger partial charge in [0.2, 0.25) is 5.91 Å². The molecule has 1 heterocycles. The number of amides is 2. The van der Waals surface area contributed by atoms with Gasteiger partial charge in [-0.25, -0.2) is 0 Å². The second-order valence-corrected chi connectivity index (χ2v) is 8.21. The molecule has 0 aliphatic carbocycles. The lowest BCUT2D eigenvalue weighted by molar-refractivity contribution is -0.123. The monoisotopic (exact) mass is 428 g/mol. The number of halogens is 1. The number of hydrogen-bond donors (Lipinski definition) is 2. The highest BCUT2D eigenvalue weighted by atomic mass is 35.5. The Labute approximate surface area is 183 Å². The minimum atomic E-state index is -0.660. The van der Waals surface area contributed by atoms with Crippen LogP contribution in [0.15, 0.2) is 54.6 Å². The van der Waals surface area contributed by atoms with Gasteiger partial charge in [-0.15, -0.1) is 0 Å². The molecule has 1 aliphatic heterocycles. The molecule has 2 amide bonds. The average Bonchev–Trinajstić information content (AvgIpc) is 2.75. The summed E-state index contributed by atoms with van der Waals surface area (Å²) in [5, 5.41) is 6.46. The third-order valence-electron chi connectivity index (χ3n) is 5.40. The number of hydrogen-bond acceptors (Lipinski definition) is 4. The van der Waals surface area contributed by atoms with Crippen LogP contribution >= 0.6 is 11.6 Å². The van der Waals surface area contributed by atoms with Crippen molar-refractivity contribution in [3.63, 3.8) is 0 Å². The molecule has 3 rings (SSSR count). The first-order chi connectivity index (χ1) is 14.4. The van der Waals surface area contributed by atoms with Crippen molar-refractivity contribution in [2.45, 2.75) is 19.0 Å². The van der Waals surface area contributed by atoms with Crippen LogP contribution in [0.1, 0.15) is 28.9 Å². The second-order valence-electron chi connectivity index (χ2n) is 7.78. The number of rotatable bonds is 7. The SMILES string of the molecule is CC(NC(=O)c1ccc(Cl)cc1)C(=O)NC(CN1CCN(C)CC1)c1ccccc1. The zero-order valence-electron chi connectivity index (χ0n) is 17.5.